The van der Waals surface area contributed by atoms with Crippen molar-refractivity contribution in [3.05, 3.63) is 65.0 Å². The van der Waals surface area contributed by atoms with Crippen LogP contribution in [-0.2, 0) is 6.54 Å². The van der Waals surface area contributed by atoms with Crippen molar-refractivity contribution in [1.82, 2.24) is 0 Å². The molecule has 0 bridgehead atoms. The zero-order chi connectivity index (χ0) is 13.8. The zero-order valence-electron chi connectivity index (χ0n) is 10.5. The van der Waals surface area contributed by atoms with Gasteiger partial charge in [0.25, 0.3) is 0 Å². The van der Waals surface area contributed by atoms with E-state index in [0.717, 1.165) is 11.1 Å². The van der Waals surface area contributed by atoms with Crippen molar-refractivity contribution < 1.29 is 14.3 Å². The Morgan fingerprint density at radius 3 is 2.74 bits per heavy atom. The molecule has 0 aliphatic carbocycles. The van der Waals surface area contributed by atoms with Crippen molar-refractivity contribution >= 4 is 11.7 Å². The first-order chi connectivity index (χ1) is 9.06. The molecule has 0 unspecified atom stereocenters. The van der Waals surface area contributed by atoms with E-state index in [1.807, 2.05) is 6.92 Å². The summed E-state index contributed by atoms with van der Waals surface area (Å²) in [6, 6.07) is 11.3. The van der Waals surface area contributed by atoms with Crippen LogP contribution < -0.4 is 5.32 Å². The van der Waals surface area contributed by atoms with Crippen LogP contribution in [0.25, 0.3) is 0 Å². The first kappa shape index (κ1) is 13.1. The van der Waals surface area contributed by atoms with E-state index in [4.69, 9.17) is 5.11 Å². The minimum atomic E-state index is -0.984. The fraction of sp³-hybridized carbons (Fsp3) is 0.133. The Bertz CT molecular complexity index is 611. The summed E-state index contributed by atoms with van der Waals surface area (Å²) in [5.41, 5.74) is 2.48. The number of benzene rings is 2. The maximum atomic E-state index is 13.0. The van der Waals surface area contributed by atoms with Crippen LogP contribution in [0.4, 0.5) is 10.1 Å². The van der Waals surface area contributed by atoms with Gasteiger partial charge in [0.2, 0.25) is 0 Å². The Labute approximate surface area is 110 Å². The van der Waals surface area contributed by atoms with Crippen LogP contribution >= 0.6 is 0 Å². The van der Waals surface area contributed by atoms with Crippen molar-refractivity contribution in [3.8, 4) is 0 Å². The molecule has 0 heterocycles. The lowest BCUT2D eigenvalue weighted by atomic mass is 10.1. The van der Waals surface area contributed by atoms with Gasteiger partial charge in [-0.05, 0) is 42.3 Å². The van der Waals surface area contributed by atoms with Crippen molar-refractivity contribution in [2.75, 3.05) is 5.32 Å². The quantitative estimate of drug-likeness (QED) is 0.884. The minimum absolute atomic E-state index is 0.210. The Morgan fingerprint density at radius 1 is 1.26 bits per heavy atom. The summed E-state index contributed by atoms with van der Waals surface area (Å²) in [4.78, 5) is 11.1. The number of hydrogen-bond donors (Lipinski definition) is 2. The largest absolute Gasteiger partial charge is 0.478 e. The Kier molecular flexibility index (Phi) is 3.80. The van der Waals surface area contributed by atoms with E-state index in [1.54, 1.807) is 30.3 Å². The Balaban J connectivity index is 2.19. The van der Waals surface area contributed by atoms with E-state index in [0.29, 0.717) is 12.2 Å². The molecule has 98 valence electrons. The van der Waals surface area contributed by atoms with Gasteiger partial charge in [0.05, 0.1) is 5.56 Å². The number of anilines is 1. The molecular weight excluding hydrogens is 245 g/mol. The number of nitrogens with one attached hydrogen (secondary N) is 1. The van der Waals surface area contributed by atoms with Crippen LogP contribution in [0.2, 0.25) is 0 Å². The number of carboxylic acids is 1. The van der Waals surface area contributed by atoms with Crippen molar-refractivity contribution in [1.29, 1.82) is 0 Å². The van der Waals surface area contributed by atoms with Crippen LogP contribution in [0.5, 0.6) is 0 Å². The van der Waals surface area contributed by atoms with Gasteiger partial charge in [-0.1, -0.05) is 18.2 Å². The summed E-state index contributed by atoms with van der Waals surface area (Å²) >= 11 is 0. The highest BCUT2D eigenvalue weighted by Crippen LogP contribution is 2.18. The second-order valence-electron chi connectivity index (χ2n) is 4.34. The molecular formula is C15H14FNO2. The fourth-order valence-electron chi connectivity index (χ4n) is 1.84. The Morgan fingerprint density at radius 2 is 2.05 bits per heavy atom. The van der Waals surface area contributed by atoms with Crippen molar-refractivity contribution in [3.63, 3.8) is 0 Å². The van der Waals surface area contributed by atoms with Crippen LogP contribution in [0.15, 0.2) is 42.5 Å². The summed E-state index contributed by atoms with van der Waals surface area (Å²) < 4.78 is 13.0. The molecule has 0 saturated heterocycles. The van der Waals surface area contributed by atoms with Gasteiger partial charge in [0.1, 0.15) is 5.82 Å². The second-order valence-corrected chi connectivity index (χ2v) is 4.34. The smallest absolute Gasteiger partial charge is 0.337 e. The van der Waals surface area contributed by atoms with Gasteiger partial charge in [-0.3, -0.25) is 0 Å². The molecule has 2 aromatic rings. The number of rotatable bonds is 4. The summed E-state index contributed by atoms with van der Waals surface area (Å²) in [5.74, 6) is -1.29. The average Bonchev–Trinajstić information content (AvgIpc) is 2.36. The van der Waals surface area contributed by atoms with E-state index in [9.17, 15) is 9.18 Å². The maximum absolute atomic E-state index is 13.0. The molecule has 3 nitrogen and oxygen atoms in total. The molecule has 4 heteroatoms. The molecule has 0 atom stereocenters. The van der Waals surface area contributed by atoms with Gasteiger partial charge in [-0.15, -0.1) is 0 Å². The molecule has 0 aliphatic rings. The van der Waals surface area contributed by atoms with E-state index in [-0.39, 0.29) is 11.4 Å². The summed E-state index contributed by atoms with van der Waals surface area (Å²) in [6.07, 6.45) is 0. The van der Waals surface area contributed by atoms with Gasteiger partial charge in [0.15, 0.2) is 0 Å². The van der Waals surface area contributed by atoms with Gasteiger partial charge < -0.3 is 10.4 Å². The molecule has 0 fully saturated rings. The molecule has 19 heavy (non-hydrogen) atoms. The molecule has 0 radical (unpaired) electrons. The highest BCUT2D eigenvalue weighted by Gasteiger charge is 2.09. The van der Waals surface area contributed by atoms with Gasteiger partial charge in [-0.2, -0.15) is 0 Å². The first-order valence-electron chi connectivity index (χ1n) is 5.88. The van der Waals surface area contributed by atoms with Crippen LogP contribution in [0.1, 0.15) is 21.5 Å². The standard InChI is InChI=1S/C15H14FNO2/c1-10-5-6-13(15(18)19)14(7-10)17-9-11-3-2-4-12(16)8-11/h2-8,17H,9H2,1H3,(H,18,19). The molecule has 2 aromatic carbocycles. The van der Waals surface area contributed by atoms with E-state index in [1.165, 1.54) is 12.1 Å². The third-order valence-electron chi connectivity index (χ3n) is 2.78. The molecule has 0 saturated carbocycles. The van der Waals surface area contributed by atoms with Crippen LogP contribution in [0.3, 0.4) is 0 Å². The molecule has 0 aliphatic heterocycles. The van der Waals surface area contributed by atoms with Gasteiger partial charge in [0, 0.05) is 12.2 Å². The van der Waals surface area contributed by atoms with E-state index in [2.05, 4.69) is 5.32 Å². The average molecular weight is 259 g/mol. The van der Waals surface area contributed by atoms with E-state index >= 15 is 0 Å². The first-order valence-corrected chi connectivity index (χ1v) is 5.88. The molecule has 0 amide bonds. The molecule has 2 N–H and O–H groups in total. The lowest BCUT2D eigenvalue weighted by molar-refractivity contribution is 0.0698. The van der Waals surface area contributed by atoms with Crippen molar-refractivity contribution in [2.24, 2.45) is 0 Å². The monoisotopic (exact) mass is 259 g/mol. The SMILES string of the molecule is Cc1ccc(C(=O)O)c(NCc2cccc(F)c2)c1. The third-order valence-corrected chi connectivity index (χ3v) is 2.78. The number of halogens is 1. The number of aryl methyl sites for hydroxylation is 1. The highest BCUT2D eigenvalue weighted by atomic mass is 19.1. The van der Waals surface area contributed by atoms with Crippen LogP contribution in [-0.4, -0.2) is 11.1 Å². The fourth-order valence-corrected chi connectivity index (χ4v) is 1.84. The highest BCUT2D eigenvalue weighted by molar-refractivity contribution is 5.94. The summed E-state index contributed by atoms with van der Waals surface area (Å²) in [5, 5.41) is 12.1. The van der Waals surface area contributed by atoms with Gasteiger partial charge >= 0.3 is 5.97 Å². The summed E-state index contributed by atoms with van der Waals surface area (Å²) in [6.45, 7) is 2.26. The number of carboxylic acid groups (broad SMARTS) is 1. The molecule has 0 aromatic heterocycles. The topological polar surface area (TPSA) is 49.3 Å². The minimum Gasteiger partial charge on any atom is -0.478 e. The van der Waals surface area contributed by atoms with Crippen molar-refractivity contribution in [2.45, 2.75) is 13.5 Å². The maximum Gasteiger partial charge on any atom is 0.337 e. The van der Waals surface area contributed by atoms with E-state index < -0.39 is 5.97 Å². The lowest BCUT2D eigenvalue weighted by Crippen LogP contribution is -2.06. The van der Waals surface area contributed by atoms with Gasteiger partial charge in [-0.25, -0.2) is 9.18 Å². The number of hydrogen-bond acceptors (Lipinski definition) is 2. The van der Waals surface area contributed by atoms with Crippen LogP contribution in [0, 0.1) is 12.7 Å². The zero-order valence-corrected chi connectivity index (χ0v) is 10.5. The number of aromatic carboxylic acids is 1. The molecule has 0 spiro atoms. The normalized spacial score (nSPS) is 10.2. The third kappa shape index (κ3) is 3.31. The Hall–Kier alpha value is -2.36. The number of carbonyl (C=O) groups is 1. The predicted molar refractivity (Wildman–Crippen MR) is 71.9 cm³/mol. The summed E-state index contributed by atoms with van der Waals surface area (Å²) in [7, 11) is 0. The lowest BCUT2D eigenvalue weighted by Gasteiger charge is -2.10. The molecule has 2 rings (SSSR count). The second kappa shape index (κ2) is 5.52. The predicted octanol–water partition coefficient (Wildman–Crippen LogP) is 3.44.